The molecule has 0 saturated carbocycles. The standard InChI is InChI=1S/C20H25ClN4O/c1-22-20(23-13-12-16-6-4-5-7-18(16)21)24-14-15-8-10-17(11-9-15)19(26)25(2)3/h4-11H,12-14H2,1-3H3,(H2,22,23,24). The summed E-state index contributed by atoms with van der Waals surface area (Å²) < 4.78 is 0. The molecule has 0 aromatic heterocycles. The van der Waals surface area contributed by atoms with Crippen molar-refractivity contribution in [1.82, 2.24) is 15.5 Å². The van der Waals surface area contributed by atoms with Crippen molar-refractivity contribution in [2.45, 2.75) is 13.0 Å². The average Bonchev–Trinajstić information content (AvgIpc) is 2.65. The zero-order valence-electron chi connectivity index (χ0n) is 15.4. The van der Waals surface area contributed by atoms with E-state index in [-0.39, 0.29) is 5.91 Å². The van der Waals surface area contributed by atoms with E-state index in [0.29, 0.717) is 12.1 Å². The minimum absolute atomic E-state index is 0.00144. The molecule has 0 spiro atoms. The van der Waals surface area contributed by atoms with Crippen LogP contribution in [0.3, 0.4) is 0 Å². The molecule has 2 N–H and O–H groups in total. The van der Waals surface area contributed by atoms with Gasteiger partial charge < -0.3 is 15.5 Å². The zero-order valence-corrected chi connectivity index (χ0v) is 16.2. The SMILES string of the molecule is CN=C(NCCc1ccccc1Cl)NCc1ccc(C(=O)N(C)C)cc1. The van der Waals surface area contributed by atoms with Crippen LogP contribution in [0, 0.1) is 0 Å². The second-order valence-corrected chi connectivity index (χ2v) is 6.50. The number of amides is 1. The summed E-state index contributed by atoms with van der Waals surface area (Å²) in [5.41, 5.74) is 2.87. The van der Waals surface area contributed by atoms with E-state index < -0.39 is 0 Å². The van der Waals surface area contributed by atoms with Crippen LogP contribution in [0.5, 0.6) is 0 Å². The van der Waals surface area contributed by atoms with E-state index in [9.17, 15) is 4.79 Å². The van der Waals surface area contributed by atoms with Crippen molar-refractivity contribution in [2.24, 2.45) is 4.99 Å². The molecule has 138 valence electrons. The molecule has 0 aliphatic rings. The number of benzene rings is 2. The molecular weight excluding hydrogens is 348 g/mol. The lowest BCUT2D eigenvalue weighted by Gasteiger charge is -2.13. The first kappa shape index (κ1) is 19.8. The molecule has 0 fully saturated rings. The molecule has 26 heavy (non-hydrogen) atoms. The summed E-state index contributed by atoms with van der Waals surface area (Å²) in [5, 5.41) is 7.33. The maximum absolute atomic E-state index is 11.9. The first-order chi connectivity index (χ1) is 12.5. The Kier molecular flexibility index (Phi) is 7.48. The molecule has 2 aromatic carbocycles. The third kappa shape index (κ3) is 5.77. The maximum Gasteiger partial charge on any atom is 0.253 e. The third-order valence-electron chi connectivity index (χ3n) is 3.94. The molecule has 0 aliphatic heterocycles. The van der Waals surface area contributed by atoms with E-state index in [0.717, 1.165) is 35.1 Å². The lowest BCUT2D eigenvalue weighted by Crippen LogP contribution is -2.37. The maximum atomic E-state index is 11.9. The van der Waals surface area contributed by atoms with Crippen LogP contribution in [0.15, 0.2) is 53.5 Å². The molecule has 6 heteroatoms. The number of halogens is 1. The van der Waals surface area contributed by atoms with Crippen LogP contribution in [-0.2, 0) is 13.0 Å². The second-order valence-electron chi connectivity index (χ2n) is 6.09. The van der Waals surface area contributed by atoms with Gasteiger partial charge in [-0.05, 0) is 35.7 Å². The van der Waals surface area contributed by atoms with Crippen LogP contribution < -0.4 is 10.6 Å². The normalized spacial score (nSPS) is 11.2. The quantitative estimate of drug-likeness (QED) is 0.605. The summed E-state index contributed by atoms with van der Waals surface area (Å²) >= 11 is 6.17. The Morgan fingerprint density at radius 1 is 1.08 bits per heavy atom. The first-order valence-corrected chi connectivity index (χ1v) is 8.87. The van der Waals surface area contributed by atoms with Crippen LogP contribution >= 0.6 is 11.6 Å². The Morgan fingerprint density at radius 3 is 2.38 bits per heavy atom. The number of nitrogens with one attached hydrogen (secondary N) is 2. The van der Waals surface area contributed by atoms with Crippen molar-refractivity contribution in [2.75, 3.05) is 27.7 Å². The van der Waals surface area contributed by atoms with E-state index in [4.69, 9.17) is 11.6 Å². The van der Waals surface area contributed by atoms with Gasteiger partial charge in [0.1, 0.15) is 0 Å². The fourth-order valence-electron chi connectivity index (χ4n) is 2.45. The van der Waals surface area contributed by atoms with Crippen LogP contribution in [0.4, 0.5) is 0 Å². The summed E-state index contributed by atoms with van der Waals surface area (Å²) in [6.07, 6.45) is 0.821. The predicted octanol–water partition coefficient (Wildman–Crippen LogP) is 2.95. The number of aliphatic imine (C=N–C) groups is 1. The van der Waals surface area contributed by atoms with Gasteiger partial charge in [-0.3, -0.25) is 9.79 Å². The fourth-order valence-corrected chi connectivity index (χ4v) is 2.68. The van der Waals surface area contributed by atoms with Gasteiger partial charge in [0.05, 0.1) is 0 Å². The summed E-state index contributed by atoms with van der Waals surface area (Å²) in [6.45, 7) is 1.36. The van der Waals surface area contributed by atoms with E-state index in [1.54, 1.807) is 26.0 Å². The Bertz CT molecular complexity index is 757. The second kappa shape index (κ2) is 9.82. The molecule has 1 amide bonds. The molecule has 0 bridgehead atoms. The topological polar surface area (TPSA) is 56.7 Å². The van der Waals surface area contributed by atoms with Gasteiger partial charge in [0.15, 0.2) is 5.96 Å². The van der Waals surface area contributed by atoms with Crippen LogP contribution in [0.1, 0.15) is 21.5 Å². The minimum atomic E-state index is 0.00144. The van der Waals surface area contributed by atoms with Crippen LogP contribution in [0.2, 0.25) is 5.02 Å². The molecule has 0 saturated heterocycles. The molecule has 0 radical (unpaired) electrons. The van der Waals surface area contributed by atoms with E-state index in [1.165, 1.54) is 0 Å². The Balaban J connectivity index is 1.81. The van der Waals surface area contributed by atoms with Crippen molar-refractivity contribution in [3.05, 3.63) is 70.2 Å². The monoisotopic (exact) mass is 372 g/mol. The average molecular weight is 373 g/mol. The Labute approximate surface area is 160 Å². The number of carbonyl (C=O) groups excluding carboxylic acids is 1. The summed E-state index contributed by atoms with van der Waals surface area (Å²) in [4.78, 5) is 17.7. The number of nitrogens with zero attached hydrogens (tertiary/aromatic N) is 2. The molecule has 0 unspecified atom stereocenters. The first-order valence-electron chi connectivity index (χ1n) is 8.49. The fraction of sp³-hybridized carbons (Fsp3) is 0.300. The van der Waals surface area contributed by atoms with Crippen molar-refractivity contribution in [3.8, 4) is 0 Å². The number of hydrogen-bond acceptors (Lipinski definition) is 2. The highest BCUT2D eigenvalue weighted by Gasteiger charge is 2.07. The van der Waals surface area contributed by atoms with E-state index >= 15 is 0 Å². The zero-order chi connectivity index (χ0) is 18.9. The largest absolute Gasteiger partial charge is 0.356 e. The molecule has 0 heterocycles. The van der Waals surface area contributed by atoms with Gasteiger partial charge in [-0.1, -0.05) is 41.9 Å². The molecule has 2 rings (SSSR count). The van der Waals surface area contributed by atoms with Crippen molar-refractivity contribution in [1.29, 1.82) is 0 Å². The van der Waals surface area contributed by atoms with Gasteiger partial charge in [-0.2, -0.15) is 0 Å². The number of carbonyl (C=O) groups is 1. The third-order valence-corrected chi connectivity index (χ3v) is 4.30. The van der Waals surface area contributed by atoms with Gasteiger partial charge in [0.25, 0.3) is 5.91 Å². The van der Waals surface area contributed by atoms with Gasteiger partial charge >= 0.3 is 0 Å². The summed E-state index contributed by atoms with van der Waals surface area (Å²) in [5.74, 6) is 0.729. The highest BCUT2D eigenvalue weighted by molar-refractivity contribution is 6.31. The van der Waals surface area contributed by atoms with Crippen molar-refractivity contribution >= 4 is 23.5 Å². The van der Waals surface area contributed by atoms with E-state index in [1.807, 2.05) is 48.5 Å². The molecular formula is C20H25ClN4O. The van der Waals surface area contributed by atoms with Crippen LogP contribution in [0.25, 0.3) is 0 Å². The minimum Gasteiger partial charge on any atom is -0.356 e. The number of rotatable bonds is 6. The van der Waals surface area contributed by atoms with Gasteiger partial charge in [-0.15, -0.1) is 0 Å². The highest BCUT2D eigenvalue weighted by atomic mass is 35.5. The molecule has 0 atom stereocenters. The Morgan fingerprint density at radius 2 is 1.77 bits per heavy atom. The number of hydrogen-bond donors (Lipinski definition) is 2. The van der Waals surface area contributed by atoms with Gasteiger partial charge in [0.2, 0.25) is 0 Å². The highest BCUT2D eigenvalue weighted by Crippen LogP contribution is 2.14. The van der Waals surface area contributed by atoms with Crippen molar-refractivity contribution < 1.29 is 4.79 Å². The molecule has 2 aromatic rings. The lowest BCUT2D eigenvalue weighted by molar-refractivity contribution is 0.0827. The van der Waals surface area contributed by atoms with Crippen LogP contribution in [-0.4, -0.2) is 44.5 Å². The summed E-state index contributed by atoms with van der Waals surface area (Å²) in [6, 6.07) is 15.4. The van der Waals surface area contributed by atoms with Gasteiger partial charge in [-0.25, -0.2) is 0 Å². The smallest absolute Gasteiger partial charge is 0.253 e. The van der Waals surface area contributed by atoms with E-state index in [2.05, 4.69) is 15.6 Å². The lowest BCUT2D eigenvalue weighted by atomic mass is 10.1. The van der Waals surface area contributed by atoms with Gasteiger partial charge in [0, 0.05) is 44.8 Å². The molecule has 0 aliphatic carbocycles. The predicted molar refractivity (Wildman–Crippen MR) is 108 cm³/mol. The summed E-state index contributed by atoms with van der Waals surface area (Å²) in [7, 11) is 5.23. The number of guanidine groups is 1. The van der Waals surface area contributed by atoms with Crippen molar-refractivity contribution in [3.63, 3.8) is 0 Å². The Hall–Kier alpha value is -2.53. The molecule has 5 nitrogen and oxygen atoms in total.